The number of nitrogens with zero attached hydrogens (tertiary/aromatic N) is 2. The van der Waals surface area contributed by atoms with E-state index in [1.807, 2.05) is 38.1 Å². The van der Waals surface area contributed by atoms with Gasteiger partial charge in [-0.1, -0.05) is 24.3 Å². The van der Waals surface area contributed by atoms with Crippen LogP contribution >= 0.6 is 0 Å². The summed E-state index contributed by atoms with van der Waals surface area (Å²) in [6.45, 7) is 5.12. The predicted octanol–water partition coefficient (Wildman–Crippen LogP) is 3.04. The molecular formula is C19H24N4O3. The molecule has 0 aliphatic carbocycles. The van der Waals surface area contributed by atoms with Crippen molar-refractivity contribution < 1.29 is 9.66 Å². The maximum Gasteiger partial charge on any atom is 0.269 e. The van der Waals surface area contributed by atoms with Gasteiger partial charge in [-0.25, -0.2) is 0 Å². The second kappa shape index (κ2) is 9.41. The molecular weight excluding hydrogens is 332 g/mol. The number of aliphatic imine (C=N–C) groups is 1. The largest absolute Gasteiger partial charge is 0.489 e. The number of nitro groups is 1. The fraction of sp³-hybridized carbons (Fsp3) is 0.316. The molecule has 7 heteroatoms. The van der Waals surface area contributed by atoms with Crippen molar-refractivity contribution in [2.75, 3.05) is 13.6 Å². The van der Waals surface area contributed by atoms with E-state index in [4.69, 9.17) is 4.74 Å². The van der Waals surface area contributed by atoms with Crippen LogP contribution in [-0.4, -0.2) is 30.6 Å². The maximum atomic E-state index is 10.7. The summed E-state index contributed by atoms with van der Waals surface area (Å²) in [5.41, 5.74) is 2.17. The first-order chi connectivity index (χ1) is 12.5. The highest BCUT2D eigenvalue weighted by Crippen LogP contribution is 2.14. The number of benzene rings is 2. The van der Waals surface area contributed by atoms with Gasteiger partial charge in [0.15, 0.2) is 5.96 Å². The fourth-order valence-electron chi connectivity index (χ4n) is 2.34. The molecule has 0 bridgehead atoms. The second-order valence-corrected chi connectivity index (χ2v) is 5.98. The number of aryl methyl sites for hydroxylation is 1. The number of hydrogen-bond donors (Lipinski definition) is 2. The average molecular weight is 356 g/mol. The normalized spacial score (nSPS) is 12.3. The van der Waals surface area contributed by atoms with E-state index in [0.717, 1.165) is 16.9 Å². The van der Waals surface area contributed by atoms with Crippen molar-refractivity contribution in [1.29, 1.82) is 0 Å². The number of nitro benzene ring substituents is 1. The van der Waals surface area contributed by atoms with E-state index >= 15 is 0 Å². The smallest absolute Gasteiger partial charge is 0.269 e. The number of hydrogen-bond acceptors (Lipinski definition) is 4. The van der Waals surface area contributed by atoms with E-state index in [2.05, 4.69) is 15.6 Å². The van der Waals surface area contributed by atoms with E-state index in [9.17, 15) is 10.1 Å². The van der Waals surface area contributed by atoms with Gasteiger partial charge >= 0.3 is 0 Å². The molecule has 0 aromatic heterocycles. The lowest BCUT2D eigenvalue weighted by Crippen LogP contribution is -2.41. The van der Waals surface area contributed by atoms with E-state index in [-0.39, 0.29) is 11.8 Å². The van der Waals surface area contributed by atoms with Crippen molar-refractivity contribution in [3.05, 3.63) is 69.8 Å². The first-order valence-electron chi connectivity index (χ1n) is 8.39. The van der Waals surface area contributed by atoms with Gasteiger partial charge in [-0.2, -0.15) is 0 Å². The maximum absolute atomic E-state index is 10.7. The highest BCUT2D eigenvalue weighted by atomic mass is 16.6. The lowest BCUT2D eigenvalue weighted by Gasteiger charge is -2.18. The molecule has 0 saturated heterocycles. The van der Waals surface area contributed by atoms with Crippen molar-refractivity contribution >= 4 is 11.6 Å². The van der Waals surface area contributed by atoms with Crippen molar-refractivity contribution in [2.24, 2.45) is 4.99 Å². The molecule has 2 N–H and O–H groups in total. The van der Waals surface area contributed by atoms with Crippen LogP contribution in [0.1, 0.15) is 18.1 Å². The van der Waals surface area contributed by atoms with Crippen LogP contribution in [0.4, 0.5) is 5.69 Å². The van der Waals surface area contributed by atoms with Gasteiger partial charge in [-0.3, -0.25) is 15.1 Å². The SMILES string of the molecule is CN=C(NCc1ccc([N+](=O)[O-])cc1)NCC(C)Oc1cccc(C)c1. The molecule has 26 heavy (non-hydrogen) atoms. The summed E-state index contributed by atoms with van der Waals surface area (Å²) < 4.78 is 5.88. The molecule has 0 fully saturated rings. The fourth-order valence-corrected chi connectivity index (χ4v) is 2.34. The van der Waals surface area contributed by atoms with Gasteiger partial charge in [-0.05, 0) is 37.1 Å². The second-order valence-electron chi connectivity index (χ2n) is 5.98. The van der Waals surface area contributed by atoms with Crippen molar-refractivity contribution in [2.45, 2.75) is 26.5 Å². The molecule has 2 rings (SSSR count). The van der Waals surface area contributed by atoms with Crippen molar-refractivity contribution in [1.82, 2.24) is 10.6 Å². The Balaban J connectivity index is 1.79. The number of non-ortho nitro benzene ring substituents is 1. The van der Waals surface area contributed by atoms with Crippen LogP contribution < -0.4 is 15.4 Å². The predicted molar refractivity (Wildman–Crippen MR) is 103 cm³/mol. The van der Waals surface area contributed by atoms with Crippen LogP contribution in [0.15, 0.2) is 53.5 Å². The van der Waals surface area contributed by atoms with Crippen LogP contribution in [-0.2, 0) is 6.54 Å². The number of nitrogens with one attached hydrogen (secondary N) is 2. The molecule has 0 heterocycles. The van der Waals surface area contributed by atoms with Crippen molar-refractivity contribution in [3.63, 3.8) is 0 Å². The number of ether oxygens (including phenoxy) is 1. The lowest BCUT2D eigenvalue weighted by molar-refractivity contribution is -0.384. The minimum atomic E-state index is -0.409. The zero-order valence-electron chi connectivity index (χ0n) is 15.2. The highest BCUT2D eigenvalue weighted by molar-refractivity contribution is 5.79. The Morgan fingerprint density at radius 3 is 2.58 bits per heavy atom. The zero-order valence-corrected chi connectivity index (χ0v) is 15.2. The molecule has 2 aromatic carbocycles. The Labute approximate surface area is 153 Å². The summed E-state index contributed by atoms with van der Waals surface area (Å²) in [7, 11) is 1.69. The molecule has 0 saturated carbocycles. The van der Waals surface area contributed by atoms with Gasteiger partial charge in [0, 0.05) is 25.7 Å². The molecule has 0 aliphatic rings. The molecule has 0 spiro atoms. The minimum Gasteiger partial charge on any atom is -0.489 e. The van der Waals surface area contributed by atoms with Crippen LogP contribution in [0.2, 0.25) is 0 Å². The third-order valence-corrected chi connectivity index (χ3v) is 3.71. The van der Waals surface area contributed by atoms with Crippen LogP contribution in [0.3, 0.4) is 0 Å². The van der Waals surface area contributed by atoms with E-state index in [1.165, 1.54) is 12.1 Å². The molecule has 1 unspecified atom stereocenters. The summed E-state index contributed by atoms with van der Waals surface area (Å²) in [5, 5.41) is 17.1. The van der Waals surface area contributed by atoms with E-state index < -0.39 is 4.92 Å². The Kier molecular flexibility index (Phi) is 6.96. The molecule has 0 amide bonds. The summed E-state index contributed by atoms with van der Waals surface area (Å²) in [5.74, 6) is 1.48. The minimum absolute atomic E-state index is 0.0327. The zero-order chi connectivity index (χ0) is 18.9. The van der Waals surface area contributed by atoms with E-state index in [0.29, 0.717) is 19.0 Å². The third-order valence-electron chi connectivity index (χ3n) is 3.71. The summed E-state index contributed by atoms with van der Waals surface area (Å²) in [6, 6.07) is 14.4. The quantitative estimate of drug-likeness (QED) is 0.344. The van der Waals surface area contributed by atoms with Gasteiger partial charge in [0.1, 0.15) is 11.9 Å². The van der Waals surface area contributed by atoms with Gasteiger partial charge in [0.05, 0.1) is 11.5 Å². The average Bonchev–Trinajstić information content (AvgIpc) is 2.62. The number of guanidine groups is 1. The number of rotatable bonds is 7. The summed E-state index contributed by atoms with van der Waals surface area (Å²) in [4.78, 5) is 14.4. The molecule has 138 valence electrons. The van der Waals surface area contributed by atoms with Gasteiger partial charge in [0.2, 0.25) is 0 Å². The standard InChI is InChI=1S/C19H24N4O3/c1-14-5-4-6-18(11-14)26-15(2)12-21-19(20-3)22-13-16-7-9-17(10-8-16)23(24)25/h4-11,15H,12-13H2,1-3H3,(H2,20,21,22). The third kappa shape index (κ3) is 6.08. The van der Waals surface area contributed by atoms with Gasteiger partial charge < -0.3 is 15.4 Å². The lowest BCUT2D eigenvalue weighted by atomic mass is 10.2. The Hall–Kier alpha value is -3.09. The van der Waals surface area contributed by atoms with Gasteiger partial charge in [-0.15, -0.1) is 0 Å². The molecule has 1 atom stereocenters. The molecule has 7 nitrogen and oxygen atoms in total. The topological polar surface area (TPSA) is 88.8 Å². The van der Waals surface area contributed by atoms with Crippen LogP contribution in [0.25, 0.3) is 0 Å². The Morgan fingerprint density at radius 1 is 1.23 bits per heavy atom. The molecule has 0 aliphatic heterocycles. The van der Waals surface area contributed by atoms with Crippen LogP contribution in [0.5, 0.6) is 5.75 Å². The highest BCUT2D eigenvalue weighted by Gasteiger charge is 2.07. The molecule has 2 aromatic rings. The first kappa shape index (κ1) is 19.2. The monoisotopic (exact) mass is 356 g/mol. The van der Waals surface area contributed by atoms with E-state index in [1.54, 1.807) is 19.2 Å². The Morgan fingerprint density at radius 2 is 1.96 bits per heavy atom. The van der Waals surface area contributed by atoms with Crippen molar-refractivity contribution in [3.8, 4) is 5.75 Å². The summed E-state index contributed by atoms with van der Waals surface area (Å²) >= 11 is 0. The first-order valence-corrected chi connectivity index (χ1v) is 8.39. The molecule has 0 radical (unpaired) electrons. The van der Waals surface area contributed by atoms with Crippen LogP contribution in [0, 0.1) is 17.0 Å². The van der Waals surface area contributed by atoms with Gasteiger partial charge in [0.25, 0.3) is 5.69 Å². The Bertz CT molecular complexity index is 760. The summed E-state index contributed by atoms with van der Waals surface area (Å²) in [6.07, 6.45) is -0.0327.